The Morgan fingerprint density at radius 1 is 0.188 bits per heavy atom. The normalized spacial score (nSPS) is 16.2. The van der Waals surface area contributed by atoms with Crippen LogP contribution in [0.2, 0.25) is 0 Å². The van der Waals surface area contributed by atoms with Crippen molar-refractivity contribution in [1.82, 2.24) is 0 Å². The van der Waals surface area contributed by atoms with Gasteiger partial charge in [-0.15, -0.1) is 0 Å². The zero-order valence-corrected chi connectivity index (χ0v) is 34.6. The summed E-state index contributed by atoms with van der Waals surface area (Å²) in [6.07, 6.45) is 4.53. The fourth-order valence-electron chi connectivity index (χ4n) is 7.41. The van der Waals surface area contributed by atoms with Crippen LogP contribution in [-0.4, -0.2) is 22.8 Å². The number of hydrogen-bond acceptors (Lipinski definition) is 4. The van der Waals surface area contributed by atoms with Crippen molar-refractivity contribution < 1.29 is 109 Å². The van der Waals surface area contributed by atoms with Crippen LogP contribution in [0.3, 0.4) is 0 Å². The van der Waals surface area contributed by atoms with Gasteiger partial charge in [0.1, 0.15) is 0 Å². The standard InChI is InChI=1S/C44H8F20N4.Pt/c45-25-21(26(46)34(54)41(61)33(25)53)17-9-1-2-10(65-9)18(22-27(47)35(55)42(62)36(56)28(22)48)12-5-6-14(67-12)20(24-31(51)39(59)44(64)40(60)32(24)52)16-8-7-15(68-16)19(13-4-3-11(17)66-13)23-29(49)37(57)43(63)38(58)30(23)50;/h1-8H;. The third-order valence-electron chi connectivity index (χ3n) is 10.4. The second-order valence-corrected chi connectivity index (χ2v) is 14.1. The number of nitrogens with zero attached hydrogens (tertiary/aromatic N) is 4. The molecular weight excluding hydrogens is 1160 g/mol. The van der Waals surface area contributed by atoms with Crippen LogP contribution >= 0.6 is 0 Å². The maximum Gasteiger partial charge on any atom is 0.200 e. The molecule has 0 aromatic heterocycles. The topological polar surface area (TPSA) is 49.4 Å². The molecule has 0 saturated carbocycles. The van der Waals surface area contributed by atoms with Gasteiger partial charge in [0.2, 0.25) is 23.3 Å². The van der Waals surface area contributed by atoms with Gasteiger partial charge in [0, 0.05) is 43.4 Å². The largest absolute Gasteiger partial charge is 0.248 e. The van der Waals surface area contributed by atoms with E-state index in [-0.39, 0.29) is 21.1 Å². The zero-order chi connectivity index (χ0) is 49.3. The fraction of sp³-hybridized carbons (Fsp3) is 0. The Balaban J connectivity index is 0.00000642. The first-order chi connectivity index (χ1) is 32.1. The van der Waals surface area contributed by atoms with Gasteiger partial charge in [-0.1, -0.05) is 0 Å². The molecule has 0 unspecified atom stereocenters. The number of fused-ring (bicyclic) bond motifs is 4. The van der Waals surface area contributed by atoms with Crippen molar-refractivity contribution in [2.24, 2.45) is 20.0 Å². The summed E-state index contributed by atoms with van der Waals surface area (Å²) in [6.45, 7) is 0. The summed E-state index contributed by atoms with van der Waals surface area (Å²) < 4.78 is 303. The van der Waals surface area contributed by atoms with Crippen LogP contribution in [0.15, 0.2) is 91.4 Å². The number of aliphatic imine (C=N–C) groups is 4. The third-order valence-corrected chi connectivity index (χ3v) is 10.4. The van der Waals surface area contributed by atoms with E-state index in [0.717, 1.165) is 0 Å². The van der Waals surface area contributed by atoms with Gasteiger partial charge in [-0.25, -0.2) is 108 Å². The molecule has 0 saturated heterocycles. The molecule has 0 fully saturated rings. The first kappa shape index (κ1) is 48.2. The van der Waals surface area contributed by atoms with E-state index in [1.54, 1.807) is 0 Å². The molecule has 0 radical (unpaired) electrons. The predicted octanol–water partition coefficient (Wildman–Crippen LogP) is 12.5. The molecule has 0 atom stereocenters. The Morgan fingerprint density at radius 2 is 0.319 bits per heavy atom. The van der Waals surface area contributed by atoms with Gasteiger partial charge in [0.05, 0.1) is 67.9 Å². The first-order valence-corrected chi connectivity index (χ1v) is 18.2. The van der Waals surface area contributed by atoms with Crippen molar-refractivity contribution in [3.05, 3.63) is 210 Å². The Kier molecular flexibility index (Phi) is 11.9. The maximum atomic E-state index is 15.8. The molecule has 9 rings (SSSR count). The van der Waals surface area contributed by atoms with E-state index >= 15 is 35.1 Å². The average molecular weight is 1170 g/mol. The van der Waals surface area contributed by atoms with E-state index in [1.807, 2.05) is 0 Å². The van der Waals surface area contributed by atoms with E-state index in [4.69, 9.17) is 0 Å². The van der Waals surface area contributed by atoms with Crippen molar-refractivity contribution >= 4 is 45.1 Å². The van der Waals surface area contributed by atoms with Crippen LogP contribution in [0.4, 0.5) is 87.8 Å². The molecule has 0 aliphatic carbocycles. The Hall–Kier alpha value is -7.23. The Labute approximate surface area is 383 Å². The molecule has 0 spiro atoms. The van der Waals surface area contributed by atoms with Crippen molar-refractivity contribution in [3.63, 3.8) is 0 Å². The van der Waals surface area contributed by atoms with Crippen LogP contribution in [0, 0.1) is 116 Å². The Morgan fingerprint density at radius 3 is 0.464 bits per heavy atom. The van der Waals surface area contributed by atoms with Gasteiger partial charge in [0.15, 0.2) is 93.1 Å². The molecular formula is C44H8F20N4Pt. The monoisotopic (exact) mass is 1170 g/mol. The van der Waals surface area contributed by atoms with Crippen LogP contribution in [0.1, 0.15) is 22.3 Å². The van der Waals surface area contributed by atoms with E-state index in [1.165, 1.54) is 0 Å². The number of benzene rings is 4. The van der Waals surface area contributed by atoms with Crippen LogP contribution in [0.5, 0.6) is 0 Å². The molecule has 5 aliphatic heterocycles. The third kappa shape index (κ3) is 7.03. The Bertz CT molecular complexity index is 2970. The molecule has 5 heterocycles. The van der Waals surface area contributed by atoms with Gasteiger partial charge in [-0.2, -0.15) is 0 Å². The number of rotatable bonds is 4. The van der Waals surface area contributed by atoms with E-state index in [9.17, 15) is 52.7 Å². The minimum absolute atomic E-state index is 0. The van der Waals surface area contributed by atoms with Crippen LogP contribution in [-0.2, 0) is 21.1 Å². The van der Waals surface area contributed by atoms with Gasteiger partial charge in [-0.05, 0) is 48.6 Å². The summed E-state index contributed by atoms with van der Waals surface area (Å²) in [7, 11) is 0. The summed E-state index contributed by atoms with van der Waals surface area (Å²) >= 11 is 0. The maximum absolute atomic E-state index is 15.8. The smallest absolute Gasteiger partial charge is 0.200 e. The molecule has 4 aromatic rings. The van der Waals surface area contributed by atoms with Gasteiger partial charge in [0.25, 0.3) is 0 Å². The van der Waals surface area contributed by atoms with Crippen molar-refractivity contribution in [2.45, 2.75) is 0 Å². The summed E-state index contributed by atoms with van der Waals surface area (Å²) in [5.74, 6) is -53.1. The molecule has 8 bridgehead atoms. The fourth-order valence-corrected chi connectivity index (χ4v) is 7.41. The molecule has 0 N–H and O–H groups in total. The molecule has 4 nitrogen and oxygen atoms in total. The van der Waals surface area contributed by atoms with Crippen molar-refractivity contribution in [2.75, 3.05) is 0 Å². The molecule has 354 valence electrons. The minimum atomic E-state index is -2.73. The summed E-state index contributed by atoms with van der Waals surface area (Å²) in [5, 5.41) is 0. The van der Waals surface area contributed by atoms with Crippen molar-refractivity contribution in [1.29, 1.82) is 0 Å². The molecule has 25 heteroatoms. The van der Waals surface area contributed by atoms with Crippen molar-refractivity contribution in [3.8, 4) is 0 Å². The zero-order valence-electron chi connectivity index (χ0n) is 32.3. The summed E-state index contributed by atoms with van der Waals surface area (Å²) in [4.78, 5) is 15.6. The molecule has 69 heavy (non-hydrogen) atoms. The number of hydrogen-bond donors (Lipinski definition) is 0. The quantitative estimate of drug-likeness (QED) is 0.111. The number of allylic oxidation sites excluding steroid dienone is 12. The van der Waals surface area contributed by atoms with Gasteiger partial charge < -0.3 is 0 Å². The number of halogens is 20. The second kappa shape index (κ2) is 17.1. The van der Waals surface area contributed by atoms with Crippen LogP contribution < -0.4 is 0 Å². The average Bonchev–Trinajstić information content (AvgIpc) is 4.18. The van der Waals surface area contributed by atoms with E-state index < -0.39 is 207 Å². The van der Waals surface area contributed by atoms with E-state index in [0.29, 0.717) is 48.6 Å². The molecule has 0 amide bonds. The van der Waals surface area contributed by atoms with Gasteiger partial charge >= 0.3 is 0 Å². The van der Waals surface area contributed by atoms with E-state index in [2.05, 4.69) is 20.0 Å². The minimum Gasteiger partial charge on any atom is -0.248 e. The molecule has 4 aromatic carbocycles. The summed E-state index contributed by atoms with van der Waals surface area (Å²) in [6, 6.07) is 0. The van der Waals surface area contributed by atoms with Gasteiger partial charge in [-0.3, -0.25) is 0 Å². The van der Waals surface area contributed by atoms with Crippen LogP contribution in [0.25, 0.3) is 22.3 Å². The predicted molar refractivity (Wildman–Crippen MR) is 199 cm³/mol. The first-order valence-electron chi connectivity index (χ1n) is 18.2. The SMILES string of the molecule is Fc1c(F)c(F)c(C2=C3C=CC(=N3)C(c3c(F)c(F)c(F)c(F)c3F)=C3C=CC(=N3)C(c3c(F)c(F)c(F)c(F)c3F)=C3C=CC(=N3)C(c3c(F)c(F)c(F)c(F)c3F)=C3C=CC2=N3)c(F)c1F.[Pt]. The second-order valence-electron chi connectivity index (χ2n) is 14.1. The molecule has 5 aliphatic rings. The summed E-state index contributed by atoms with van der Waals surface area (Å²) in [5.41, 5.74) is -21.6.